The summed E-state index contributed by atoms with van der Waals surface area (Å²) in [5.41, 5.74) is 0.959. The van der Waals surface area contributed by atoms with Crippen molar-refractivity contribution in [2.75, 3.05) is 49.5 Å². The number of aromatic nitrogens is 4. The first-order chi connectivity index (χ1) is 17.5. The Labute approximate surface area is 220 Å². The molecule has 1 N–H and O–H groups in total. The lowest BCUT2D eigenvalue weighted by Crippen LogP contribution is -2.64. The number of hydrogen-bond donors (Lipinski definition) is 1. The summed E-state index contributed by atoms with van der Waals surface area (Å²) in [5, 5.41) is 18.2. The molecule has 0 unspecified atom stereocenters. The molecule has 0 spiro atoms. The number of halogens is 2. The number of nitriles is 1. The van der Waals surface area contributed by atoms with Gasteiger partial charge in [0.15, 0.2) is 0 Å². The summed E-state index contributed by atoms with van der Waals surface area (Å²) in [7, 11) is 0. The first kappa shape index (κ1) is 23.7. The molecule has 11 heteroatoms. The molecule has 3 aliphatic rings. The number of piperazine rings is 1. The number of nitrogens with zero attached hydrogens (tertiary/aromatic N) is 8. The molecule has 2 aliphatic heterocycles. The standard InChI is InChI=1S/C25H29Cl2N9/c1-16(21-3-2-18(26)10-22(21)27)31-24-11-23(32-25-29-15-30-36(24)25)35-13-20(14-35)34-6-4-33(5-7-34)19-8-17(9-19)12-28/h2-3,10-11,15-17,19-20,31H,4-9,13-14H2,1H3/t16-,17?,19?/m1/s1. The maximum absolute atomic E-state index is 9.04. The zero-order chi connectivity index (χ0) is 24.8. The Morgan fingerprint density at radius 3 is 2.47 bits per heavy atom. The van der Waals surface area contributed by atoms with E-state index in [-0.39, 0.29) is 12.0 Å². The van der Waals surface area contributed by atoms with E-state index in [1.54, 1.807) is 10.6 Å². The summed E-state index contributed by atoms with van der Waals surface area (Å²) in [4.78, 5) is 16.6. The Hall–Kier alpha value is -2.64. The maximum atomic E-state index is 9.04. The van der Waals surface area contributed by atoms with Crippen LogP contribution in [0.5, 0.6) is 0 Å². The predicted octanol–water partition coefficient (Wildman–Crippen LogP) is 3.71. The summed E-state index contributed by atoms with van der Waals surface area (Å²) in [6.07, 6.45) is 3.62. The minimum absolute atomic E-state index is 0.0584. The van der Waals surface area contributed by atoms with Crippen LogP contribution in [0, 0.1) is 17.2 Å². The van der Waals surface area contributed by atoms with Crippen molar-refractivity contribution < 1.29 is 0 Å². The molecule has 3 aromatic rings. The number of fused-ring (bicyclic) bond motifs is 1. The minimum Gasteiger partial charge on any atom is -0.363 e. The second-order valence-electron chi connectivity index (χ2n) is 10.1. The van der Waals surface area contributed by atoms with E-state index in [4.69, 9.17) is 33.4 Å². The molecule has 3 fully saturated rings. The molecule has 1 aromatic carbocycles. The van der Waals surface area contributed by atoms with Gasteiger partial charge in [-0.05, 0) is 37.5 Å². The smallest absolute Gasteiger partial charge is 0.256 e. The Balaban J connectivity index is 1.09. The van der Waals surface area contributed by atoms with Gasteiger partial charge in [0.2, 0.25) is 0 Å². The van der Waals surface area contributed by atoms with Gasteiger partial charge in [-0.3, -0.25) is 9.80 Å². The van der Waals surface area contributed by atoms with E-state index in [0.29, 0.717) is 27.9 Å². The lowest BCUT2D eigenvalue weighted by atomic mass is 9.80. The van der Waals surface area contributed by atoms with Crippen LogP contribution in [0.25, 0.3) is 5.78 Å². The largest absolute Gasteiger partial charge is 0.363 e. The van der Waals surface area contributed by atoms with Gasteiger partial charge in [-0.15, -0.1) is 0 Å². The number of hydrogen-bond acceptors (Lipinski definition) is 8. The van der Waals surface area contributed by atoms with Crippen molar-refractivity contribution in [2.24, 2.45) is 5.92 Å². The van der Waals surface area contributed by atoms with Gasteiger partial charge >= 0.3 is 0 Å². The van der Waals surface area contributed by atoms with Crippen LogP contribution in [0.4, 0.5) is 11.6 Å². The van der Waals surface area contributed by atoms with Crippen LogP contribution in [-0.4, -0.2) is 80.7 Å². The summed E-state index contributed by atoms with van der Waals surface area (Å²) >= 11 is 12.5. The zero-order valence-corrected chi connectivity index (χ0v) is 21.7. The van der Waals surface area contributed by atoms with E-state index in [9.17, 15) is 0 Å². The SMILES string of the molecule is C[C@@H](Nc1cc(N2CC(N3CCN(C4CC(C#N)C4)CC3)C2)nc2ncnn12)c1ccc(Cl)cc1Cl. The van der Waals surface area contributed by atoms with Crippen molar-refractivity contribution in [3.63, 3.8) is 0 Å². The molecule has 2 aromatic heterocycles. The Morgan fingerprint density at radius 2 is 1.78 bits per heavy atom. The van der Waals surface area contributed by atoms with E-state index in [1.165, 1.54) is 6.33 Å². The normalized spacial score (nSPS) is 24.2. The third-order valence-electron chi connectivity index (χ3n) is 7.90. The van der Waals surface area contributed by atoms with E-state index in [2.05, 4.69) is 43.1 Å². The molecule has 0 bridgehead atoms. The van der Waals surface area contributed by atoms with Gasteiger partial charge in [-0.2, -0.15) is 24.8 Å². The molecule has 1 saturated carbocycles. The highest BCUT2D eigenvalue weighted by Crippen LogP contribution is 2.33. The molecule has 1 aliphatic carbocycles. The molecule has 0 amide bonds. The molecule has 1 atom stereocenters. The minimum atomic E-state index is -0.0584. The number of nitrogens with one attached hydrogen (secondary N) is 1. The van der Waals surface area contributed by atoms with Crippen molar-refractivity contribution in [2.45, 2.75) is 37.9 Å². The topological polar surface area (TPSA) is 88.6 Å². The van der Waals surface area contributed by atoms with Crippen molar-refractivity contribution in [1.29, 1.82) is 5.26 Å². The van der Waals surface area contributed by atoms with Gasteiger partial charge in [-0.1, -0.05) is 29.3 Å². The highest BCUT2D eigenvalue weighted by atomic mass is 35.5. The second kappa shape index (κ2) is 9.67. The fraction of sp³-hybridized carbons (Fsp3) is 0.520. The van der Waals surface area contributed by atoms with Crippen LogP contribution in [0.1, 0.15) is 31.4 Å². The fourth-order valence-corrected chi connectivity index (χ4v) is 6.12. The third kappa shape index (κ3) is 4.48. The average molecular weight is 526 g/mol. The van der Waals surface area contributed by atoms with E-state index >= 15 is 0 Å². The second-order valence-corrected chi connectivity index (χ2v) is 10.9. The molecule has 4 heterocycles. The van der Waals surface area contributed by atoms with Crippen LogP contribution in [0.15, 0.2) is 30.6 Å². The highest BCUT2D eigenvalue weighted by Gasteiger charge is 2.38. The monoisotopic (exact) mass is 525 g/mol. The molecule has 6 rings (SSSR count). The first-order valence-corrected chi connectivity index (χ1v) is 13.3. The molecular formula is C25H29Cl2N9. The molecule has 0 radical (unpaired) electrons. The number of rotatable bonds is 6. The van der Waals surface area contributed by atoms with Crippen LogP contribution in [0.2, 0.25) is 10.0 Å². The Bertz CT molecular complexity index is 1280. The molecule has 9 nitrogen and oxygen atoms in total. The first-order valence-electron chi connectivity index (χ1n) is 12.5. The van der Waals surface area contributed by atoms with Crippen LogP contribution < -0.4 is 10.2 Å². The van der Waals surface area contributed by atoms with E-state index in [1.807, 2.05) is 18.2 Å². The van der Waals surface area contributed by atoms with Crippen LogP contribution in [-0.2, 0) is 0 Å². The van der Waals surface area contributed by atoms with Gasteiger partial charge in [0.25, 0.3) is 5.78 Å². The van der Waals surface area contributed by atoms with Crippen molar-refractivity contribution in [1.82, 2.24) is 29.4 Å². The summed E-state index contributed by atoms with van der Waals surface area (Å²) in [6, 6.07) is 11.1. The van der Waals surface area contributed by atoms with Gasteiger partial charge in [-0.25, -0.2) is 0 Å². The van der Waals surface area contributed by atoms with Crippen LogP contribution >= 0.6 is 23.2 Å². The maximum Gasteiger partial charge on any atom is 0.256 e. The Kier molecular flexibility index (Phi) is 6.38. The molecular weight excluding hydrogens is 497 g/mol. The van der Waals surface area contributed by atoms with Crippen molar-refractivity contribution in [3.05, 3.63) is 46.2 Å². The predicted molar refractivity (Wildman–Crippen MR) is 141 cm³/mol. The van der Waals surface area contributed by atoms with Gasteiger partial charge in [0.05, 0.1) is 12.1 Å². The van der Waals surface area contributed by atoms with E-state index < -0.39 is 0 Å². The quantitative estimate of drug-likeness (QED) is 0.520. The lowest BCUT2D eigenvalue weighted by molar-refractivity contribution is 0.0253. The summed E-state index contributed by atoms with van der Waals surface area (Å²) in [5.74, 6) is 2.56. The fourth-order valence-electron chi connectivity index (χ4n) is 5.55. The van der Waals surface area contributed by atoms with Crippen molar-refractivity contribution >= 4 is 40.6 Å². The average Bonchev–Trinajstić information content (AvgIpc) is 3.27. The van der Waals surface area contributed by atoms with Crippen LogP contribution in [0.3, 0.4) is 0 Å². The Morgan fingerprint density at radius 1 is 1.06 bits per heavy atom. The number of anilines is 2. The molecule has 188 valence electrons. The summed E-state index contributed by atoms with van der Waals surface area (Å²) in [6.45, 7) is 8.35. The van der Waals surface area contributed by atoms with Gasteiger partial charge < -0.3 is 10.2 Å². The van der Waals surface area contributed by atoms with Gasteiger partial charge in [0, 0.05) is 73.4 Å². The third-order valence-corrected chi connectivity index (χ3v) is 8.46. The number of benzene rings is 1. The lowest BCUT2D eigenvalue weighted by Gasteiger charge is -2.50. The molecule has 2 saturated heterocycles. The van der Waals surface area contributed by atoms with E-state index in [0.717, 1.165) is 69.3 Å². The highest BCUT2D eigenvalue weighted by molar-refractivity contribution is 6.35. The zero-order valence-electron chi connectivity index (χ0n) is 20.2. The van der Waals surface area contributed by atoms with Crippen molar-refractivity contribution in [3.8, 4) is 6.07 Å². The molecule has 36 heavy (non-hydrogen) atoms. The van der Waals surface area contributed by atoms with Gasteiger partial charge in [0.1, 0.15) is 18.0 Å². The summed E-state index contributed by atoms with van der Waals surface area (Å²) < 4.78 is 1.72.